The minimum Gasteiger partial charge on any atom is -0.364 e. The molecule has 1 aliphatic heterocycles. The zero-order chi connectivity index (χ0) is 12.0. The lowest BCUT2D eigenvalue weighted by Crippen LogP contribution is -2.36. The molecule has 0 saturated carbocycles. The molecule has 0 radical (unpaired) electrons. The van der Waals surface area contributed by atoms with Crippen LogP contribution in [0.25, 0.3) is 0 Å². The average Bonchev–Trinajstić information content (AvgIpc) is 2.64. The molecule has 1 heterocycles. The smallest absolute Gasteiger partial charge is 0.291 e. The van der Waals surface area contributed by atoms with Crippen LogP contribution < -0.4 is 11.2 Å². The Kier molecular flexibility index (Phi) is 5.32. The van der Waals surface area contributed by atoms with Crippen LogP contribution in [0.3, 0.4) is 0 Å². The molecule has 3 N–H and O–H groups in total. The summed E-state index contributed by atoms with van der Waals surface area (Å²) in [4.78, 5) is 20.7. The van der Waals surface area contributed by atoms with Gasteiger partial charge in [0.15, 0.2) is 5.70 Å². The van der Waals surface area contributed by atoms with E-state index in [9.17, 15) is 14.9 Å². The second kappa shape index (κ2) is 5.97. The first-order valence-corrected chi connectivity index (χ1v) is 4.76. The Morgan fingerprint density at radius 2 is 2.20 bits per heavy atom. The van der Waals surface area contributed by atoms with E-state index >= 15 is 0 Å². The minimum absolute atomic E-state index is 0.0408. The van der Waals surface area contributed by atoms with E-state index in [1.165, 1.54) is 5.01 Å². The molecule has 0 bridgehead atoms. The van der Waals surface area contributed by atoms with Gasteiger partial charge in [0.2, 0.25) is 0 Å². The van der Waals surface area contributed by atoms with E-state index in [2.05, 4.69) is 5.43 Å². The lowest BCUT2D eigenvalue weighted by atomic mass is 10.3. The molecule has 7 heteroatoms. The number of primary amides is 1. The van der Waals surface area contributed by atoms with E-state index in [0.717, 1.165) is 0 Å². The molecule has 7 nitrogen and oxygen atoms in total. The van der Waals surface area contributed by atoms with Crippen molar-refractivity contribution in [2.24, 2.45) is 5.73 Å². The number of nitrogens with two attached hydrogens (primary N) is 1. The first-order chi connectivity index (χ1) is 7.07. The largest absolute Gasteiger partial charge is 0.364 e. The van der Waals surface area contributed by atoms with Crippen LogP contribution in [-0.2, 0) is 4.79 Å². The summed E-state index contributed by atoms with van der Waals surface area (Å²) in [6.45, 7) is 6.26. The van der Waals surface area contributed by atoms with Crippen molar-refractivity contribution < 1.29 is 9.72 Å². The number of carbonyl (C=O) groups is 1. The Morgan fingerprint density at radius 3 is 2.53 bits per heavy atom. The molecule has 0 atom stereocenters. The van der Waals surface area contributed by atoms with Crippen molar-refractivity contribution in [1.82, 2.24) is 10.4 Å². The van der Waals surface area contributed by atoms with Gasteiger partial charge in [-0.25, -0.2) is 5.43 Å². The molecule has 0 spiro atoms. The van der Waals surface area contributed by atoms with Crippen molar-refractivity contribution in [2.75, 3.05) is 13.1 Å². The molecule has 0 unspecified atom stereocenters. The number of nitrogens with one attached hydrogen (secondary N) is 1. The normalized spacial score (nSPS) is 14.7. The highest BCUT2D eigenvalue weighted by Crippen LogP contribution is 2.14. The van der Waals surface area contributed by atoms with Crippen LogP contribution in [0.2, 0.25) is 0 Å². The second-order valence-electron chi connectivity index (χ2n) is 2.50. The number of hydrazine groups is 1. The highest BCUT2D eigenvalue weighted by Gasteiger charge is 2.33. The van der Waals surface area contributed by atoms with Crippen molar-refractivity contribution in [3.05, 3.63) is 21.5 Å². The SMILES string of the molecule is CC.CCN1NCC([N+](=O)[O-])=C1C(N)=O. The van der Waals surface area contributed by atoms with Crippen LogP contribution in [0, 0.1) is 10.1 Å². The van der Waals surface area contributed by atoms with Gasteiger partial charge in [0, 0.05) is 6.54 Å². The molecule has 1 amide bonds. The molecule has 86 valence electrons. The Hall–Kier alpha value is -1.63. The molecule has 0 aromatic rings. The topological polar surface area (TPSA) is 102 Å². The van der Waals surface area contributed by atoms with Crippen LogP contribution in [0.1, 0.15) is 20.8 Å². The van der Waals surface area contributed by atoms with Crippen molar-refractivity contribution >= 4 is 5.91 Å². The van der Waals surface area contributed by atoms with E-state index in [1.54, 1.807) is 6.92 Å². The number of rotatable bonds is 3. The van der Waals surface area contributed by atoms with Crippen LogP contribution >= 0.6 is 0 Å². The highest BCUT2D eigenvalue weighted by atomic mass is 16.6. The molecule has 0 saturated heterocycles. The molecule has 0 aliphatic carbocycles. The predicted octanol–water partition coefficient (Wildman–Crippen LogP) is -0.174. The van der Waals surface area contributed by atoms with Gasteiger partial charge in [-0.2, -0.15) is 0 Å². The standard InChI is InChI=1S/C6H10N4O3.C2H6/c1-2-9-5(6(7)11)4(3-8-9)10(12)13;1-2/h8H,2-3H2,1H3,(H2,7,11);1-2H3. The third kappa shape index (κ3) is 2.91. The maximum absolute atomic E-state index is 10.9. The zero-order valence-corrected chi connectivity index (χ0v) is 9.11. The van der Waals surface area contributed by atoms with Gasteiger partial charge in [-0.05, 0) is 6.92 Å². The molecule has 0 fully saturated rings. The van der Waals surface area contributed by atoms with E-state index in [1.807, 2.05) is 13.8 Å². The molecule has 15 heavy (non-hydrogen) atoms. The molecular weight excluding hydrogens is 200 g/mol. The monoisotopic (exact) mass is 216 g/mol. The highest BCUT2D eigenvalue weighted by molar-refractivity contribution is 5.92. The van der Waals surface area contributed by atoms with E-state index in [0.29, 0.717) is 6.54 Å². The quantitative estimate of drug-likeness (QED) is 0.503. The first-order valence-electron chi connectivity index (χ1n) is 4.76. The van der Waals surface area contributed by atoms with Gasteiger partial charge in [0.05, 0.1) is 4.92 Å². The lowest BCUT2D eigenvalue weighted by Gasteiger charge is -2.15. The summed E-state index contributed by atoms with van der Waals surface area (Å²) in [5, 5.41) is 11.8. The van der Waals surface area contributed by atoms with Crippen LogP contribution in [-0.4, -0.2) is 28.9 Å². The second-order valence-corrected chi connectivity index (χ2v) is 2.50. The fourth-order valence-corrected chi connectivity index (χ4v) is 1.19. The number of amides is 1. The third-order valence-electron chi connectivity index (χ3n) is 1.75. The van der Waals surface area contributed by atoms with Gasteiger partial charge in [-0.1, -0.05) is 13.8 Å². The maximum Gasteiger partial charge on any atom is 0.291 e. The van der Waals surface area contributed by atoms with Crippen molar-refractivity contribution in [2.45, 2.75) is 20.8 Å². The Balaban J connectivity index is 0.000000921. The number of likely N-dealkylation sites (N-methyl/N-ethyl adjacent to an activating group) is 1. The number of nitrogens with zero attached hydrogens (tertiary/aromatic N) is 2. The van der Waals surface area contributed by atoms with Crippen molar-refractivity contribution in [3.63, 3.8) is 0 Å². The van der Waals surface area contributed by atoms with Gasteiger partial charge in [0.1, 0.15) is 6.54 Å². The van der Waals surface area contributed by atoms with Gasteiger partial charge in [-0.15, -0.1) is 0 Å². The van der Waals surface area contributed by atoms with Gasteiger partial charge in [-0.3, -0.25) is 19.9 Å². The number of hydrogen-bond donors (Lipinski definition) is 2. The summed E-state index contributed by atoms with van der Waals surface area (Å²) in [5.41, 5.74) is 7.47. The van der Waals surface area contributed by atoms with Gasteiger partial charge >= 0.3 is 0 Å². The van der Waals surface area contributed by atoms with E-state index < -0.39 is 10.8 Å². The summed E-state index contributed by atoms with van der Waals surface area (Å²) < 4.78 is 0. The number of nitro groups is 1. The van der Waals surface area contributed by atoms with Crippen molar-refractivity contribution in [3.8, 4) is 0 Å². The number of carbonyl (C=O) groups excluding carboxylic acids is 1. The van der Waals surface area contributed by atoms with Gasteiger partial charge < -0.3 is 5.73 Å². The molecule has 0 aromatic heterocycles. The van der Waals surface area contributed by atoms with E-state index in [-0.39, 0.29) is 17.9 Å². The summed E-state index contributed by atoms with van der Waals surface area (Å²) in [7, 11) is 0. The molecule has 1 rings (SSSR count). The van der Waals surface area contributed by atoms with Crippen LogP contribution in [0.4, 0.5) is 0 Å². The molecule has 1 aliphatic rings. The first kappa shape index (κ1) is 13.4. The number of hydrogen-bond acceptors (Lipinski definition) is 5. The summed E-state index contributed by atoms with van der Waals surface area (Å²) in [6.07, 6.45) is 0. The third-order valence-corrected chi connectivity index (χ3v) is 1.75. The van der Waals surface area contributed by atoms with Crippen LogP contribution in [0.5, 0.6) is 0 Å². The summed E-state index contributed by atoms with van der Waals surface area (Å²) >= 11 is 0. The van der Waals surface area contributed by atoms with E-state index in [4.69, 9.17) is 5.73 Å². The van der Waals surface area contributed by atoms with Crippen LogP contribution in [0.15, 0.2) is 11.4 Å². The summed E-state index contributed by atoms with van der Waals surface area (Å²) in [5.74, 6) is -0.779. The average molecular weight is 216 g/mol. The fourth-order valence-electron chi connectivity index (χ4n) is 1.19. The maximum atomic E-state index is 10.9. The van der Waals surface area contributed by atoms with Gasteiger partial charge in [0.25, 0.3) is 11.6 Å². The zero-order valence-electron chi connectivity index (χ0n) is 9.11. The fraction of sp³-hybridized carbons (Fsp3) is 0.625. The lowest BCUT2D eigenvalue weighted by molar-refractivity contribution is -0.425. The Morgan fingerprint density at radius 1 is 1.67 bits per heavy atom. The Bertz CT molecular complexity index is 288. The Labute approximate surface area is 88.0 Å². The van der Waals surface area contributed by atoms with Crippen molar-refractivity contribution in [1.29, 1.82) is 0 Å². The molecular formula is C8H16N4O3. The minimum atomic E-state index is -0.779. The summed E-state index contributed by atoms with van der Waals surface area (Å²) in [6, 6.07) is 0. The molecule has 0 aromatic carbocycles. The predicted molar refractivity (Wildman–Crippen MR) is 54.9 cm³/mol.